The van der Waals surface area contributed by atoms with Crippen LogP contribution in [0, 0.1) is 0 Å². The molecule has 0 saturated carbocycles. The molecule has 170 valence electrons. The minimum absolute atomic E-state index is 0.0476. The molecule has 1 aliphatic rings. The van der Waals surface area contributed by atoms with Crippen LogP contribution in [0.5, 0.6) is 11.5 Å². The van der Waals surface area contributed by atoms with Gasteiger partial charge in [-0.3, -0.25) is 0 Å². The molecule has 0 atom stereocenters. The number of fused-ring (bicyclic) bond motifs is 1. The number of hydrogen-bond donors (Lipinski definition) is 1. The summed E-state index contributed by atoms with van der Waals surface area (Å²) in [5.74, 6) is 0.0972. The van der Waals surface area contributed by atoms with Gasteiger partial charge >= 0.3 is 6.36 Å². The zero-order chi connectivity index (χ0) is 23.1. The van der Waals surface area contributed by atoms with Gasteiger partial charge in [0.05, 0.1) is 12.0 Å². The van der Waals surface area contributed by atoms with E-state index >= 15 is 0 Å². The number of aromatic amines is 1. The van der Waals surface area contributed by atoms with Crippen molar-refractivity contribution in [3.8, 4) is 11.5 Å². The van der Waals surface area contributed by atoms with Crippen LogP contribution in [0.15, 0.2) is 58.5 Å². The van der Waals surface area contributed by atoms with Crippen LogP contribution in [-0.2, 0) is 9.84 Å². The molecule has 3 aromatic rings. The molecule has 0 bridgehead atoms. The highest BCUT2D eigenvalue weighted by atomic mass is 32.2. The molecule has 0 amide bonds. The molecular formula is C22H21F3N2O4S. The van der Waals surface area contributed by atoms with Crippen LogP contribution in [-0.4, -0.2) is 51.9 Å². The Bertz CT molecular complexity index is 1280. The third-order valence-electron chi connectivity index (χ3n) is 5.34. The van der Waals surface area contributed by atoms with Gasteiger partial charge in [-0.1, -0.05) is 6.08 Å². The smallest absolute Gasteiger partial charge is 0.497 e. The average Bonchev–Trinajstić information content (AvgIpc) is 3.13. The highest BCUT2D eigenvalue weighted by Crippen LogP contribution is 2.39. The van der Waals surface area contributed by atoms with Crippen molar-refractivity contribution < 1.29 is 31.1 Å². The Labute approximate surface area is 183 Å². The van der Waals surface area contributed by atoms with Gasteiger partial charge in [-0.25, -0.2) is 8.42 Å². The first-order valence-corrected chi connectivity index (χ1v) is 11.3. The predicted molar refractivity (Wildman–Crippen MR) is 114 cm³/mol. The molecule has 32 heavy (non-hydrogen) atoms. The monoisotopic (exact) mass is 466 g/mol. The van der Waals surface area contributed by atoms with Crippen molar-refractivity contribution in [2.45, 2.75) is 22.7 Å². The lowest BCUT2D eigenvalue weighted by molar-refractivity contribution is -0.274. The van der Waals surface area contributed by atoms with Crippen molar-refractivity contribution in [3.05, 3.63) is 54.1 Å². The van der Waals surface area contributed by atoms with Crippen LogP contribution in [0.3, 0.4) is 0 Å². The minimum atomic E-state index is -4.85. The van der Waals surface area contributed by atoms with Crippen LogP contribution in [0.2, 0.25) is 0 Å². The Morgan fingerprint density at radius 3 is 2.34 bits per heavy atom. The predicted octanol–water partition coefficient (Wildman–Crippen LogP) is 4.63. The molecule has 0 saturated heterocycles. The Kier molecular flexibility index (Phi) is 5.68. The van der Waals surface area contributed by atoms with E-state index in [-0.39, 0.29) is 9.92 Å². The molecule has 0 unspecified atom stereocenters. The van der Waals surface area contributed by atoms with Gasteiger partial charge in [-0.2, -0.15) is 0 Å². The Morgan fingerprint density at radius 2 is 1.75 bits per heavy atom. The highest BCUT2D eigenvalue weighted by Gasteiger charge is 2.32. The lowest BCUT2D eigenvalue weighted by atomic mass is 9.99. The largest absolute Gasteiger partial charge is 0.573 e. The zero-order valence-corrected chi connectivity index (χ0v) is 18.2. The summed E-state index contributed by atoms with van der Waals surface area (Å²) in [5, 5.41) is 0.298. The van der Waals surface area contributed by atoms with E-state index in [0.29, 0.717) is 41.7 Å². The second-order valence-corrected chi connectivity index (χ2v) is 9.39. The molecule has 1 aromatic heterocycles. The summed E-state index contributed by atoms with van der Waals surface area (Å²) in [6, 6.07) is 9.72. The average molecular weight is 466 g/mol. The fraction of sp³-hybridized carbons (Fsp3) is 0.273. The van der Waals surface area contributed by atoms with E-state index in [2.05, 4.69) is 14.6 Å². The summed E-state index contributed by atoms with van der Waals surface area (Å²) in [6.45, 7) is 1.29. The summed E-state index contributed by atoms with van der Waals surface area (Å²) < 4.78 is 74.5. The number of likely N-dealkylation sites (N-methyl/N-ethyl adjacent to an activating group) is 1. The summed E-state index contributed by atoms with van der Waals surface area (Å²) in [4.78, 5) is 5.03. The van der Waals surface area contributed by atoms with Gasteiger partial charge in [0.2, 0.25) is 9.84 Å². The molecule has 0 spiro atoms. The van der Waals surface area contributed by atoms with Gasteiger partial charge in [0, 0.05) is 29.6 Å². The number of aromatic nitrogens is 1. The van der Waals surface area contributed by atoms with Gasteiger partial charge in [0.25, 0.3) is 0 Å². The molecule has 0 radical (unpaired) electrons. The SMILES string of the molecule is COc1ccc(S(=O)(=O)c2[nH]c3ccc(OC(F)(F)F)cc3c2C2=CCN(C)CC2)cc1. The van der Waals surface area contributed by atoms with E-state index in [9.17, 15) is 21.6 Å². The van der Waals surface area contributed by atoms with Gasteiger partial charge in [-0.05, 0) is 61.5 Å². The molecular weight excluding hydrogens is 445 g/mol. The van der Waals surface area contributed by atoms with Crippen molar-refractivity contribution in [2.24, 2.45) is 0 Å². The van der Waals surface area contributed by atoms with Gasteiger partial charge in [0.1, 0.15) is 16.5 Å². The van der Waals surface area contributed by atoms with Crippen molar-refractivity contribution in [1.29, 1.82) is 0 Å². The topological polar surface area (TPSA) is 71.6 Å². The van der Waals surface area contributed by atoms with E-state index in [1.165, 1.54) is 31.4 Å². The molecule has 2 aromatic carbocycles. The number of halogens is 3. The molecule has 2 heterocycles. The molecule has 0 fully saturated rings. The third-order valence-corrected chi connectivity index (χ3v) is 7.08. The van der Waals surface area contributed by atoms with Crippen molar-refractivity contribution in [3.63, 3.8) is 0 Å². The maximum atomic E-state index is 13.5. The molecule has 4 rings (SSSR count). The van der Waals surface area contributed by atoms with E-state index < -0.39 is 21.9 Å². The summed E-state index contributed by atoms with van der Waals surface area (Å²) in [5.41, 5.74) is 1.53. The second kappa shape index (κ2) is 8.18. The van der Waals surface area contributed by atoms with E-state index in [4.69, 9.17) is 4.74 Å². The lowest BCUT2D eigenvalue weighted by Gasteiger charge is -2.22. The van der Waals surface area contributed by atoms with Gasteiger partial charge in [0.15, 0.2) is 0 Å². The number of nitrogens with one attached hydrogen (secondary N) is 1. The Hall–Kier alpha value is -2.98. The van der Waals surface area contributed by atoms with Crippen LogP contribution in [0.4, 0.5) is 13.2 Å². The first kappa shape index (κ1) is 22.2. The minimum Gasteiger partial charge on any atom is -0.497 e. The first-order chi connectivity index (χ1) is 15.1. The number of rotatable bonds is 5. The molecule has 10 heteroatoms. The number of H-pyrrole nitrogens is 1. The number of nitrogens with zero attached hydrogens (tertiary/aromatic N) is 1. The maximum absolute atomic E-state index is 13.5. The van der Waals surface area contributed by atoms with Crippen molar-refractivity contribution in [1.82, 2.24) is 9.88 Å². The van der Waals surface area contributed by atoms with Crippen LogP contribution in [0.25, 0.3) is 16.5 Å². The quantitative estimate of drug-likeness (QED) is 0.594. The second-order valence-electron chi connectivity index (χ2n) is 7.50. The molecule has 6 nitrogen and oxygen atoms in total. The van der Waals surface area contributed by atoms with Crippen LogP contribution in [0.1, 0.15) is 12.0 Å². The Balaban J connectivity index is 1.92. The number of benzene rings is 2. The van der Waals surface area contributed by atoms with Gasteiger partial charge < -0.3 is 19.4 Å². The normalized spacial score (nSPS) is 15.6. The fourth-order valence-corrected chi connectivity index (χ4v) is 5.22. The fourth-order valence-electron chi connectivity index (χ4n) is 3.73. The van der Waals surface area contributed by atoms with Gasteiger partial charge in [-0.15, -0.1) is 13.2 Å². The molecule has 1 N–H and O–H groups in total. The van der Waals surface area contributed by atoms with Crippen molar-refractivity contribution in [2.75, 3.05) is 27.2 Å². The van der Waals surface area contributed by atoms with Crippen LogP contribution >= 0.6 is 0 Å². The highest BCUT2D eigenvalue weighted by molar-refractivity contribution is 7.91. The van der Waals surface area contributed by atoms with Crippen LogP contribution < -0.4 is 9.47 Å². The molecule has 0 aliphatic carbocycles. The van der Waals surface area contributed by atoms with Crippen molar-refractivity contribution >= 4 is 26.3 Å². The number of methoxy groups -OCH3 is 1. The summed E-state index contributed by atoms with van der Waals surface area (Å²) >= 11 is 0. The maximum Gasteiger partial charge on any atom is 0.573 e. The Morgan fingerprint density at radius 1 is 1.06 bits per heavy atom. The lowest BCUT2D eigenvalue weighted by Crippen LogP contribution is -2.24. The van der Waals surface area contributed by atoms with E-state index in [0.717, 1.165) is 11.6 Å². The summed E-state index contributed by atoms with van der Waals surface area (Å²) in [6.07, 6.45) is -2.40. The number of sulfone groups is 1. The van der Waals surface area contributed by atoms with E-state index in [1.54, 1.807) is 12.1 Å². The summed E-state index contributed by atoms with van der Waals surface area (Å²) in [7, 11) is -0.580. The number of ether oxygens (including phenoxy) is 2. The zero-order valence-electron chi connectivity index (χ0n) is 17.4. The first-order valence-electron chi connectivity index (χ1n) is 9.77. The number of hydrogen-bond acceptors (Lipinski definition) is 5. The third kappa shape index (κ3) is 4.33. The van der Waals surface area contributed by atoms with E-state index in [1.807, 2.05) is 13.1 Å². The molecule has 1 aliphatic heterocycles. The number of alkyl halides is 3. The standard InChI is InChI=1S/C22H21F3N2O4S/c1-27-11-9-14(10-12-27)20-18-13-16(31-22(23,24)25)5-8-19(18)26-21(20)32(28,29)17-6-3-15(30-2)4-7-17/h3-9,13,26H,10-12H2,1-2H3.